The van der Waals surface area contributed by atoms with Crippen molar-refractivity contribution in [2.45, 2.75) is 6.92 Å². The number of halogens is 2. The molecule has 76 valence electrons. The molecule has 2 rings (SSSR count). The van der Waals surface area contributed by atoms with Crippen LogP contribution in [0.2, 0.25) is 10.2 Å². The van der Waals surface area contributed by atoms with Gasteiger partial charge in [0.05, 0.1) is 0 Å². The molecular weight excluding hydrogens is 233 g/mol. The molecule has 3 nitrogen and oxygen atoms in total. The number of hydrogen-bond acceptors (Lipinski definition) is 3. The molecular formula is C10H7Cl2N3. The zero-order chi connectivity index (χ0) is 10.8. The van der Waals surface area contributed by atoms with Gasteiger partial charge in [0.1, 0.15) is 11.5 Å². The maximum atomic E-state index is 5.96. The summed E-state index contributed by atoms with van der Waals surface area (Å²) < 4.78 is 0. The summed E-state index contributed by atoms with van der Waals surface area (Å²) >= 11 is 11.7. The van der Waals surface area contributed by atoms with E-state index in [1.54, 1.807) is 19.1 Å². The first kappa shape index (κ1) is 10.3. The van der Waals surface area contributed by atoms with E-state index in [0.717, 1.165) is 5.56 Å². The van der Waals surface area contributed by atoms with Gasteiger partial charge in [-0.2, -0.15) is 0 Å². The fourth-order valence-corrected chi connectivity index (χ4v) is 1.56. The van der Waals surface area contributed by atoms with E-state index in [-0.39, 0.29) is 0 Å². The summed E-state index contributed by atoms with van der Waals surface area (Å²) in [6.07, 6.45) is 0. The van der Waals surface area contributed by atoms with Crippen LogP contribution in [0.1, 0.15) is 5.82 Å². The molecule has 0 saturated carbocycles. The number of hydrogen-bond donors (Lipinski definition) is 0. The SMILES string of the molecule is Cc1nnc(-c2ccc(Cl)cc2)c(Cl)n1. The Balaban J connectivity index is 2.49. The van der Waals surface area contributed by atoms with E-state index in [4.69, 9.17) is 23.2 Å². The zero-order valence-electron chi connectivity index (χ0n) is 7.91. The van der Waals surface area contributed by atoms with Gasteiger partial charge in [0.2, 0.25) is 0 Å². The van der Waals surface area contributed by atoms with Crippen LogP contribution in [0.5, 0.6) is 0 Å². The maximum absolute atomic E-state index is 5.96. The van der Waals surface area contributed by atoms with Crippen molar-refractivity contribution in [1.29, 1.82) is 0 Å². The Kier molecular flexibility index (Phi) is 2.84. The fourth-order valence-electron chi connectivity index (χ4n) is 1.17. The van der Waals surface area contributed by atoms with E-state index in [1.165, 1.54) is 0 Å². The van der Waals surface area contributed by atoms with Crippen molar-refractivity contribution in [2.24, 2.45) is 0 Å². The van der Waals surface area contributed by atoms with Crippen molar-refractivity contribution in [3.05, 3.63) is 40.3 Å². The number of aryl methyl sites for hydroxylation is 1. The molecule has 0 aliphatic heterocycles. The molecule has 0 saturated heterocycles. The zero-order valence-corrected chi connectivity index (χ0v) is 9.42. The van der Waals surface area contributed by atoms with E-state index in [2.05, 4.69) is 15.2 Å². The first-order chi connectivity index (χ1) is 7.16. The third kappa shape index (κ3) is 2.25. The van der Waals surface area contributed by atoms with Crippen LogP contribution in [-0.2, 0) is 0 Å². The summed E-state index contributed by atoms with van der Waals surface area (Å²) in [6.45, 7) is 1.74. The minimum atomic E-state index is 0.352. The molecule has 0 amide bonds. The van der Waals surface area contributed by atoms with Gasteiger partial charge < -0.3 is 0 Å². The average molecular weight is 240 g/mol. The Hall–Kier alpha value is -1.19. The molecule has 5 heteroatoms. The smallest absolute Gasteiger partial charge is 0.159 e. The predicted molar refractivity (Wildman–Crippen MR) is 60.0 cm³/mol. The van der Waals surface area contributed by atoms with Crippen molar-refractivity contribution >= 4 is 23.2 Å². The van der Waals surface area contributed by atoms with Crippen molar-refractivity contribution in [2.75, 3.05) is 0 Å². The van der Waals surface area contributed by atoms with Crippen LogP contribution in [0.4, 0.5) is 0 Å². The predicted octanol–water partition coefficient (Wildman–Crippen LogP) is 3.15. The van der Waals surface area contributed by atoms with E-state index < -0.39 is 0 Å². The van der Waals surface area contributed by atoms with Gasteiger partial charge in [-0.3, -0.25) is 0 Å². The summed E-state index contributed by atoms with van der Waals surface area (Å²) in [5, 5.41) is 8.87. The lowest BCUT2D eigenvalue weighted by Crippen LogP contribution is -1.95. The Morgan fingerprint density at radius 3 is 2.27 bits per heavy atom. The molecule has 0 aliphatic rings. The van der Waals surface area contributed by atoms with Crippen LogP contribution < -0.4 is 0 Å². The molecule has 0 aliphatic carbocycles. The lowest BCUT2D eigenvalue weighted by atomic mass is 10.2. The number of aromatic nitrogens is 3. The Labute approximate surface area is 97.1 Å². The van der Waals surface area contributed by atoms with E-state index in [1.807, 2.05) is 12.1 Å². The summed E-state index contributed by atoms with van der Waals surface area (Å²) in [5.74, 6) is 0.553. The molecule has 0 bridgehead atoms. The van der Waals surface area contributed by atoms with Crippen LogP contribution in [0.3, 0.4) is 0 Å². The van der Waals surface area contributed by atoms with Gasteiger partial charge in [0.25, 0.3) is 0 Å². The van der Waals surface area contributed by atoms with Gasteiger partial charge in [0, 0.05) is 10.6 Å². The summed E-state index contributed by atoms with van der Waals surface area (Å²) in [6, 6.07) is 7.20. The Bertz CT molecular complexity index is 483. The molecule has 1 heterocycles. The highest BCUT2D eigenvalue weighted by Crippen LogP contribution is 2.24. The normalized spacial score (nSPS) is 10.3. The van der Waals surface area contributed by atoms with Crippen LogP contribution in [0.25, 0.3) is 11.3 Å². The highest BCUT2D eigenvalue weighted by atomic mass is 35.5. The molecule has 2 aromatic rings. The van der Waals surface area contributed by atoms with Crippen LogP contribution >= 0.6 is 23.2 Å². The highest BCUT2D eigenvalue weighted by molar-refractivity contribution is 6.32. The van der Waals surface area contributed by atoms with E-state index >= 15 is 0 Å². The summed E-state index contributed by atoms with van der Waals surface area (Å²) in [4.78, 5) is 4.03. The summed E-state index contributed by atoms with van der Waals surface area (Å²) in [7, 11) is 0. The van der Waals surface area contributed by atoms with Crippen LogP contribution in [0.15, 0.2) is 24.3 Å². The second-order valence-electron chi connectivity index (χ2n) is 3.01. The van der Waals surface area contributed by atoms with Crippen molar-refractivity contribution < 1.29 is 0 Å². The first-order valence-corrected chi connectivity index (χ1v) is 5.05. The third-order valence-corrected chi connectivity index (χ3v) is 2.38. The largest absolute Gasteiger partial charge is 0.217 e. The van der Waals surface area contributed by atoms with Gasteiger partial charge in [0.15, 0.2) is 5.15 Å². The van der Waals surface area contributed by atoms with Gasteiger partial charge in [-0.15, -0.1) is 10.2 Å². The molecule has 0 atom stereocenters. The Morgan fingerprint density at radius 1 is 1.00 bits per heavy atom. The molecule has 15 heavy (non-hydrogen) atoms. The maximum Gasteiger partial charge on any atom is 0.159 e. The number of rotatable bonds is 1. The topological polar surface area (TPSA) is 38.7 Å². The monoisotopic (exact) mass is 239 g/mol. The van der Waals surface area contributed by atoms with Gasteiger partial charge in [-0.05, 0) is 19.1 Å². The van der Waals surface area contributed by atoms with Gasteiger partial charge >= 0.3 is 0 Å². The molecule has 0 fully saturated rings. The lowest BCUT2D eigenvalue weighted by Gasteiger charge is -2.02. The lowest BCUT2D eigenvalue weighted by molar-refractivity contribution is 0.914. The van der Waals surface area contributed by atoms with Crippen LogP contribution in [0, 0.1) is 6.92 Å². The molecule has 0 radical (unpaired) electrons. The second-order valence-corrected chi connectivity index (χ2v) is 3.80. The third-order valence-electron chi connectivity index (χ3n) is 1.87. The molecule has 0 spiro atoms. The van der Waals surface area contributed by atoms with Crippen molar-refractivity contribution in [3.63, 3.8) is 0 Å². The minimum Gasteiger partial charge on any atom is -0.217 e. The molecule has 1 aromatic carbocycles. The molecule has 0 N–H and O–H groups in total. The fraction of sp³-hybridized carbons (Fsp3) is 0.100. The minimum absolute atomic E-state index is 0.352. The second kappa shape index (κ2) is 4.13. The van der Waals surface area contributed by atoms with Crippen molar-refractivity contribution in [3.8, 4) is 11.3 Å². The highest BCUT2D eigenvalue weighted by Gasteiger charge is 2.07. The Morgan fingerprint density at radius 2 is 1.67 bits per heavy atom. The average Bonchev–Trinajstić information content (AvgIpc) is 2.20. The molecule has 0 unspecified atom stereocenters. The first-order valence-electron chi connectivity index (χ1n) is 4.29. The molecule has 1 aromatic heterocycles. The number of benzene rings is 1. The summed E-state index contributed by atoms with van der Waals surface area (Å²) in [5.41, 5.74) is 1.42. The van der Waals surface area contributed by atoms with E-state index in [9.17, 15) is 0 Å². The van der Waals surface area contributed by atoms with E-state index in [0.29, 0.717) is 21.7 Å². The van der Waals surface area contributed by atoms with Crippen LogP contribution in [-0.4, -0.2) is 15.2 Å². The quantitative estimate of drug-likeness (QED) is 0.768. The van der Waals surface area contributed by atoms with Crippen molar-refractivity contribution in [1.82, 2.24) is 15.2 Å². The number of nitrogens with zero attached hydrogens (tertiary/aromatic N) is 3. The standard InChI is InChI=1S/C10H7Cl2N3/c1-6-13-10(12)9(15-14-6)7-2-4-8(11)5-3-7/h2-5H,1H3. The van der Waals surface area contributed by atoms with Gasteiger partial charge in [-0.25, -0.2) is 4.98 Å². The van der Waals surface area contributed by atoms with Gasteiger partial charge in [-0.1, -0.05) is 35.3 Å².